The largest absolute Gasteiger partial charge is 0.497 e. The molecule has 0 radical (unpaired) electrons. The molecule has 1 heterocycles. The minimum atomic E-state index is -0.0753. The summed E-state index contributed by atoms with van der Waals surface area (Å²) in [4.78, 5) is 17.5. The molecular weight excluding hydrogens is 478 g/mol. The van der Waals surface area contributed by atoms with Gasteiger partial charge in [-0.2, -0.15) is 0 Å². The number of unbranched alkanes of at least 4 members (excludes halogenated alkanes) is 1. The van der Waals surface area contributed by atoms with Crippen molar-refractivity contribution in [2.45, 2.75) is 31.3 Å². The third kappa shape index (κ3) is 6.68. The number of amides is 1. The standard InChI is InChI=1S/C28H28ClN3O2S/c1-3-4-5-20-6-12-23(13-7-20)30-27(33)19-35-28-31-26(21-8-10-22(29)11-9-21)18-32(28)24-14-16-25(34-2)17-15-24/h6-18H,3-5,19H2,1-2H3,(H,30,33). The van der Waals surface area contributed by atoms with Crippen molar-refractivity contribution >= 4 is 35.0 Å². The molecule has 180 valence electrons. The van der Waals surface area contributed by atoms with Crippen molar-refractivity contribution in [1.29, 1.82) is 0 Å². The van der Waals surface area contributed by atoms with Crippen LogP contribution in [0.5, 0.6) is 5.75 Å². The van der Waals surface area contributed by atoms with Crippen LogP contribution < -0.4 is 10.1 Å². The van der Waals surface area contributed by atoms with Crippen molar-refractivity contribution in [3.8, 4) is 22.7 Å². The lowest BCUT2D eigenvalue weighted by Gasteiger charge is -2.09. The Labute approximate surface area is 215 Å². The number of halogens is 1. The minimum Gasteiger partial charge on any atom is -0.497 e. The number of rotatable bonds is 10. The molecule has 0 fully saturated rings. The molecular formula is C28H28ClN3O2S. The van der Waals surface area contributed by atoms with E-state index in [-0.39, 0.29) is 11.7 Å². The van der Waals surface area contributed by atoms with Crippen LogP contribution >= 0.6 is 23.4 Å². The second kappa shape index (κ2) is 12.0. The van der Waals surface area contributed by atoms with E-state index >= 15 is 0 Å². The van der Waals surface area contributed by atoms with E-state index < -0.39 is 0 Å². The number of nitrogens with one attached hydrogen (secondary N) is 1. The molecule has 0 bridgehead atoms. The number of methoxy groups -OCH3 is 1. The predicted molar refractivity (Wildman–Crippen MR) is 145 cm³/mol. The highest BCUT2D eigenvalue weighted by molar-refractivity contribution is 7.99. The summed E-state index contributed by atoms with van der Waals surface area (Å²) in [7, 11) is 1.64. The first-order valence-electron chi connectivity index (χ1n) is 11.6. The van der Waals surface area contributed by atoms with Crippen LogP contribution in [0.3, 0.4) is 0 Å². The summed E-state index contributed by atoms with van der Waals surface area (Å²) >= 11 is 7.45. The van der Waals surface area contributed by atoms with E-state index in [1.807, 2.05) is 71.4 Å². The molecule has 0 atom stereocenters. The SMILES string of the molecule is CCCCc1ccc(NC(=O)CSc2nc(-c3ccc(Cl)cc3)cn2-c2ccc(OC)cc2)cc1. The third-order valence-electron chi connectivity index (χ3n) is 5.55. The van der Waals surface area contributed by atoms with Gasteiger partial charge in [-0.25, -0.2) is 4.98 Å². The lowest BCUT2D eigenvalue weighted by molar-refractivity contribution is -0.113. The second-order valence-electron chi connectivity index (χ2n) is 8.12. The summed E-state index contributed by atoms with van der Waals surface area (Å²) in [6, 6.07) is 23.4. The Kier molecular flexibility index (Phi) is 8.50. The Morgan fingerprint density at radius 1 is 1.03 bits per heavy atom. The van der Waals surface area contributed by atoms with Gasteiger partial charge < -0.3 is 10.1 Å². The van der Waals surface area contributed by atoms with Crippen LogP contribution in [0, 0.1) is 0 Å². The van der Waals surface area contributed by atoms with Gasteiger partial charge in [0, 0.05) is 28.2 Å². The second-order valence-corrected chi connectivity index (χ2v) is 9.50. The number of aromatic nitrogens is 2. The Morgan fingerprint density at radius 3 is 2.40 bits per heavy atom. The smallest absolute Gasteiger partial charge is 0.234 e. The quantitative estimate of drug-likeness (QED) is 0.230. The molecule has 7 heteroatoms. The molecule has 5 nitrogen and oxygen atoms in total. The van der Waals surface area contributed by atoms with E-state index in [9.17, 15) is 4.79 Å². The summed E-state index contributed by atoms with van der Waals surface area (Å²) in [5, 5.41) is 4.39. The number of nitrogens with zero attached hydrogens (tertiary/aromatic N) is 2. The van der Waals surface area contributed by atoms with Crippen molar-refractivity contribution in [3.05, 3.63) is 89.6 Å². The van der Waals surface area contributed by atoms with Crippen molar-refractivity contribution in [2.24, 2.45) is 0 Å². The maximum Gasteiger partial charge on any atom is 0.234 e. The van der Waals surface area contributed by atoms with Crippen molar-refractivity contribution in [2.75, 3.05) is 18.2 Å². The summed E-state index contributed by atoms with van der Waals surface area (Å²) < 4.78 is 7.28. The van der Waals surface area contributed by atoms with Crippen LogP contribution in [0.2, 0.25) is 5.02 Å². The van der Waals surface area contributed by atoms with E-state index in [1.165, 1.54) is 30.2 Å². The molecule has 0 saturated heterocycles. The Morgan fingerprint density at radius 2 is 1.74 bits per heavy atom. The molecule has 0 unspecified atom stereocenters. The van der Waals surface area contributed by atoms with Crippen LogP contribution in [0.15, 0.2) is 84.1 Å². The van der Waals surface area contributed by atoms with Crippen LogP contribution in [0.1, 0.15) is 25.3 Å². The van der Waals surface area contributed by atoms with Gasteiger partial charge in [-0.05, 0) is 66.9 Å². The first kappa shape index (κ1) is 24.9. The van der Waals surface area contributed by atoms with Gasteiger partial charge in [0.25, 0.3) is 0 Å². The number of carbonyl (C=O) groups is 1. The Bertz CT molecular complexity index is 1250. The molecule has 0 aliphatic rings. The molecule has 0 spiro atoms. The number of imidazole rings is 1. The maximum atomic E-state index is 12.7. The van der Waals surface area contributed by atoms with Crippen molar-refractivity contribution in [3.63, 3.8) is 0 Å². The highest BCUT2D eigenvalue weighted by Gasteiger charge is 2.14. The van der Waals surface area contributed by atoms with Crippen LogP contribution in [-0.2, 0) is 11.2 Å². The molecule has 0 saturated carbocycles. The maximum absolute atomic E-state index is 12.7. The molecule has 3 aromatic carbocycles. The molecule has 0 aliphatic carbocycles. The monoisotopic (exact) mass is 505 g/mol. The Balaban J connectivity index is 1.50. The topological polar surface area (TPSA) is 56.2 Å². The van der Waals surface area contributed by atoms with E-state index in [0.29, 0.717) is 5.02 Å². The summed E-state index contributed by atoms with van der Waals surface area (Å²) in [5.41, 5.74) is 4.79. The number of benzene rings is 3. The molecule has 1 amide bonds. The minimum absolute atomic E-state index is 0.0753. The molecule has 0 aliphatic heterocycles. The number of hydrogen-bond acceptors (Lipinski definition) is 4. The molecule has 1 aromatic heterocycles. The highest BCUT2D eigenvalue weighted by atomic mass is 35.5. The fraction of sp³-hybridized carbons (Fsp3) is 0.214. The number of anilines is 1. The van der Waals surface area contributed by atoms with Gasteiger partial charge in [-0.3, -0.25) is 9.36 Å². The van der Waals surface area contributed by atoms with Gasteiger partial charge in [-0.1, -0.05) is 61.0 Å². The molecule has 35 heavy (non-hydrogen) atoms. The van der Waals surface area contributed by atoms with Gasteiger partial charge >= 0.3 is 0 Å². The number of thioether (sulfide) groups is 1. The highest BCUT2D eigenvalue weighted by Crippen LogP contribution is 2.29. The van der Waals surface area contributed by atoms with Crippen LogP contribution in [0.25, 0.3) is 16.9 Å². The number of carbonyl (C=O) groups excluding carboxylic acids is 1. The molecule has 4 rings (SSSR count). The number of ether oxygens (including phenoxy) is 1. The van der Waals surface area contributed by atoms with Crippen molar-refractivity contribution in [1.82, 2.24) is 9.55 Å². The summed E-state index contributed by atoms with van der Waals surface area (Å²) in [5.74, 6) is 0.944. The fourth-order valence-corrected chi connectivity index (χ4v) is 4.53. The summed E-state index contributed by atoms with van der Waals surface area (Å²) in [6.45, 7) is 2.19. The van der Waals surface area contributed by atoms with E-state index in [2.05, 4.69) is 24.4 Å². The lowest BCUT2D eigenvalue weighted by atomic mass is 10.1. The van der Waals surface area contributed by atoms with Gasteiger partial charge in [0.05, 0.1) is 18.6 Å². The van der Waals surface area contributed by atoms with Crippen LogP contribution in [0.4, 0.5) is 5.69 Å². The normalized spacial score (nSPS) is 10.8. The zero-order chi connectivity index (χ0) is 24.6. The van der Waals surface area contributed by atoms with E-state index in [1.54, 1.807) is 7.11 Å². The Hall–Kier alpha value is -3.22. The summed E-state index contributed by atoms with van der Waals surface area (Å²) in [6.07, 6.45) is 5.37. The van der Waals surface area contributed by atoms with Gasteiger partial charge in [0.1, 0.15) is 5.75 Å². The molecule has 4 aromatic rings. The predicted octanol–water partition coefficient (Wildman–Crippen LogP) is 7.27. The average Bonchev–Trinajstić information content (AvgIpc) is 3.32. The van der Waals surface area contributed by atoms with E-state index in [0.717, 1.165) is 40.0 Å². The fourth-order valence-electron chi connectivity index (χ4n) is 3.62. The first-order chi connectivity index (χ1) is 17.1. The number of hydrogen-bond donors (Lipinski definition) is 1. The van der Waals surface area contributed by atoms with Gasteiger partial charge in [0.15, 0.2) is 5.16 Å². The average molecular weight is 506 g/mol. The van der Waals surface area contributed by atoms with Crippen molar-refractivity contribution < 1.29 is 9.53 Å². The van der Waals surface area contributed by atoms with Gasteiger partial charge in [0.2, 0.25) is 5.91 Å². The zero-order valence-electron chi connectivity index (χ0n) is 19.8. The lowest BCUT2D eigenvalue weighted by Crippen LogP contribution is -2.14. The van der Waals surface area contributed by atoms with Gasteiger partial charge in [-0.15, -0.1) is 0 Å². The first-order valence-corrected chi connectivity index (χ1v) is 12.9. The van der Waals surface area contributed by atoms with E-state index in [4.69, 9.17) is 21.3 Å². The zero-order valence-corrected chi connectivity index (χ0v) is 21.4. The van der Waals surface area contributed by atoms with Crippen LogP contribution in [-0.4, -0.2) is 28.3 Å². The molecule has 1 N–H and O–H groups in total. The third-order valence-corrected chi connectivity index (χ3v) is 6.76. The number of aryl methyl sites for hydroxylation is 1.